The number of anilines is 1. The molecule has 0 radical (unpaired) electrons. The molecule has 0 bridgehead atoms. The van der Waals surface area contributed by atoms with Gasteiger partial charge in [0.2, 0.25) is 0 Å². The van der Waals surface area contributed by atoms with Gasteiger partial charge >= 0.3 is 0 Å². The molecule has 82 valence electrons. The SMILES string of the molecule is CC1CN(C)CCN1c1ccc(Br)cc1. The molecule has 0 N–H and O–H groups in total. The summed E-state index contributed by atoms with van der Waals surface area (Å²) in [5.41, 5.74) is 1.33. The van der Waals surface area contributed by atoms with Gasteiger partial charge < -0.3 is 9.80 Å². The summed E-state index contributed by atoms with van der Waals surface area (Å²) >= 11 is 3.47. The minimum Gasteiger partial charge on any atom is -0.366 e. The first kappa shape index (κ1) is 11.0. The topological polar surface area (TPSA) is 6.48 Å². The van der Waals surface area contributed by atoms with E-state index in [-0.39, 0.29) is 0 Å². The van der Waals surface area contributed by atoms with E-state index in [1.807, 2.05) is 0 Å². The van der Waals surface area contributed by atoms with Crippen molar-refractivity contribution < 1.29 is 0 Å². The van der Waals surface area contributed by atoms with E-state index in [1.54, 1.807) is 0 Å². The molecule has 3 heteroatoms. The van der Waals surface area contributed by atoms with Gasteiger partial charge in [0.05, 0.1) is 0 Å². The molecule has 1 fully saturated rings. The molecule has 1 unspecified atom stereocenters. The van der Waals surface area contributed by atoms with Crippen LogP contribution in [0, 0.1) is 0 Å². The van der Waals surface area contributed by atoms with Crippen LogP contribution in [0.4, 0.5) is 5.69 Å². The lowest BCUT2D eigenvalue weighted by Crippen LogP contribution is -2.50. The maximum absolute atomic E-state index is 3.47. The number of likely N-dealkylation sites (N-methyl/N-ethyl adjacent to an activating group) is 1. The summed E-state index contributed by atoms with van der Waals surface area (Å²) in [6.45, 7) is 5.72. The van der Waals surface area contributed by atoms with E-state index in [4.69, 9.17) is 0 Å². The first-order valence-electron chi connectivity index (χ1n) is 5.37. The van der Waals surface area contributed by atoms with Crippen molar-refractivity contribution in [1.29, 1.82) is 0 Å². The number of hydrogen-bond acceptors (Lipinski definition) is 2. The van der Waals surface area contributed by atoms with Gasteiger partial charge in [-0.3, -0.25) is 0 Å². The smallest absolute Gasteiger partial charge is 0.0389 e. The molecule has 2 nitrogen and oxygen atoms in total. The van der Waals surface area contributed by atoms with Crippen LogP contribution in [0.2, 0.25) is 0 Å². The van der Waals surface area contributed by atoms with Gasteiger partial charge in [0.25, 0.3) is 0 Å². The zero-order valence-corrected chi connectivity index (χ0v) is 10.9. The Balaban J connectivity index is 2.13. The van der Waals surface area contributed by atoms with Crippen LogP contribution in [0.5, 0.6) is 0 Å². The molecule has 1 saturated heterocycles. The van der Waals surface area contributed by atoms with Crippen LogP contribution >= 0.6 is 15.9 Å². The van der Waals surface area contributed by atoms with Crippen molar-refractivity contribution in [2.45, 2.75) is 13.0 Å². The fraction of sp³-hybridized carbons (Fsp3) is 0.500. The number of hydrogen-bond donors (Lipinski definition) is 0. The third kappa shape index (κ3) is 2.52. The fourth-order valence-electron chi connectivity index (χ4n) is 2.16. The van der Waals surface area contributed by atoms with Crippen molar-refractivity contribution in [2.75, 3.05) is 31.6 Å². The quantitative estimate of drug-likeness (QED) is 0.773. The number of halogens is 1. The summed E-state index contributed by atoms with van der Waals surface area (Å²) in [4.78, 5) is 4.87. The highest BCUT2D eigenvalue weighted by molar-refractivity contribution is 9.10. The zero-order valence-electron chi connectivity index (χ0n) is 9.28. The fourth-order valence-corrected chi connectivity index (χ4v) is 2.42. The summed E-state index contributed by atoms with van der Waals surface area (Å²) in [6.07, 6.45) is 0. The molecular formula is C12H17BrN2. The van der Waals surface area contributed by atoms with Gasteiger partial charge in [0.1, 0.15) is 0 Å². The molecule has 1 aliphatic heterocycles. The Morgan fingerprint density at radius 1 is 1.20 bits per heavy atom. The number of benzene rings is 1. The minimum atomic E-state index is 0.602. The maximum atomic E-state index is 3.47. The van der Waals surface area contributed by atoms with Crippen LogP contribution < -0.4 is 4.90 Å². The van der Waals surface area contributed by atoms with Crippen molar-refractivity contribution in [1.82, 2.24) is 4.90 Å². The lowest BCUT2D eigenvalue weighted by Gasteiger charge is -2.39. The standard InChI is InChI=1S/C12H17BrN2/c1-10-9-14(2)7-8-15(10)12-5-3-11(13)4-6-12/h3-6,10H,7-9H2,1-2H3. The lowest BCUT2D eigenvalue weighted by molar-refractivity contribution is 0.275. The lowest BCUT2D eigenvalue weighted by atomic mass is 10.1. The molecule has 15 heavy (non-hydrogen) atoms. The zero-order chi connectivity index (χ0) is 10.8. The van der Waals surface area contributed by atoms with Crippen molar-refractivity contribution in [3.8, 4) is 0 Å². The van der Waals surface area contributed by atoms with Crippen molar-refractivity contribution in [3.05, 3.63) is 28.7 Å². The summed E-state index contributed by atoms with van der Waals surface area (Å²) < 4.78 is 1.15. The van der Waals surface area contributed by atoms with Gasteiger partial charge in [-0.15, -0.1) is 0 Å². The Bertz CT molecular complexity index is 323. The number of nitrogens with zero attached hydrogens (tertiary/aromatic N) is 2. The van der Waals surface area contributed by atoms with Crippen LogP contribution in [0.3, 0.4) is 0 Å². The molecule has 1 aliphatic rings. The Labute approximate surface area is 100 Å². The predicted molar refractivity (Wildman–Crippen MR) is 68.4 cm³/mol. The van der Waals surface area contributed by atoms with E-state index in [9.17, 15) is 0 Å². The summed E-state index contributed by atoms with van der Waals surface area (Å²) in [5, 5.41) is 0. The maximum Gasteiger partial charge on any atom is 0.0389 e. The average Bonchev–Trinajstić information content (AvgIpc) is 2.20. The highest BCUT2D eigenvalue weighted by Crippen LogP contribution is 2.22. The number of piperazine rings is 1. The van der Waals surface area contributed by atoms with Crippen LogP contribution in [0.1, 0.15) is 6.92 Å². The van der Waals surface area contributed by atoms with E-state index in [0.29, 0.717) is 6.04 Å². The highest BCUT2D eigenvalue weighted by atomic mass is 79.9. The molecule has 0 spiro atoms. The molecule has 0 aromatic heterocycles. The third-order valence-electron chi connectivity index (χ3n) is 2.99. The van der Waals surface area contributed by atoms with Crippen molar-refractivity contribution in [3.63, 3.8) is 0 Å². The summed E-state index contributed by atoms with van der Waals surface area (Å²) in [5.74, 6) is 0. The second kappa shape index (κ2) is 4.54. The van der Waals surface area contributed by atoms with Gasteiger partial charge in [-0.05, 0) is 38.2 Å². The molecule has 0 amide bonds. The second-order valence-electron chi connectivity index (χ2n) is 4.28. The van der Waals surface area contributed by atoms with Crippen LogP contribution in [0.15, 0.2) is 28.7 Å². The monoisotopic (exact) mass is 268 g/mol. The van der Waals surface area contributed by atoms with Crippen molar-refractivity contribution >= 4 is 21.6 Å². The minimum absolute atomic E-state index is 0.602. The van der Waals surface area contributed by atoms with Gasteiger partial charge in [0, 0.05) is 35.8 Å². The van der Waals surface area contributed by atoms with Gasteiger partial charge in [-0.25, -0.2) is 0 Å². The first-order valence-corrected chi connectivity index (χ1v) is 6.17. The summed E-state index contributed by atoms with van der Waals surface area (Å²) in [6, 6.07) is 9.20. The Hall–Kier alpha value is -0.540. The predicted octanol–water partition coefficient (Wildman–Crippen LogP) is 2.59. The third-order valence-corrected chi connectivity index (χ3v) is 3.52. The Morgan fingerprint density at radius 3 is 2.47 bits per heavy atom. The van der Waals surface area contributed by atoms with E-state index in [1.165, 1.54) is 5.69 Å². The molecule has 2 rings (SSSR count). The molecule has 1 atom stereocenters. The molecule has 0 saturated carbocycles. The normalized spacial score (nSPS) is 23.1. The Morgan fingerprint density at radius 2 is 1.87 bits per heavy atom. The van der Waals surface area contributed by atoms with E-state index >= 15 is 0 Å². The largest absolute Gasteiger partial charge is 0.366 e. The van der Waals surface area contributed by atoms with Gasteiger partial charge in [0.15, 0.2) is 0 Å². The second-order valence-corrected chi connectivity index (χ2v) is 5.20. The Kier molecular flexibility index (Phi) is 3.32. The first-order chi connectivity index (χ1) is 7.16. The highest BCUT2D eigenvalue weighted by Gasteiger charge is 2.21. The van der Waals surface area contributed by atoms with Gasteiger partial charge in [-0.1, -0.05) is 15.9 Å². The van der Waals surface area contributed by atoms with E-state index in [2.05, 4.69) is 64.0 Å². The van der Waals surface area contributed by atoms with E-state index in [0.717, 1.165) is 24.1 Å². The molecule has 1 heterocycles. The van der Waals surface area contributed by atoms with Crippen LogP contribution in [-0.2, 0) is 0 Å². The summed E-state index contributed by atoms with van der Waals surface area (Å²) in [7, 11) is 2.19. The van der Waals surface area contributed by atoms with E-state index < -0.39 is 0 Å². The van der Waals surface area contributed by atoms with Crippen LogP contribution in [-0.4, -0.2) is 37.6 Å². The molecule has 0 aliphatic carbocycles. The average molecular weight is 269 g/mol. The molecular weight excluding hydrogens is 252 g/mol. The molecule has 1 aromatic rings. The number of rotatable bonds is 1. The van der Waals surface area contributed by atoms with Gasteiger partial charge in [-0.2, -0.15) is 0 Å². The molecule has 1 aromatic carbocycles. The van der Waals surface area contributed by atoms with Crippen molar-refractivity contribution in [2.24, 2.45) is 0 Å². The van der Waals surface area contributed by atoms with Crippen LogP contribution in [0.25, 0.3) is 0 Å².